The largest absolute Gasteiger partial charge is 0.452 e. The maximum absolute atomic E-state index is 12.5. The fourth-order valence-corrected chi connectivity index (χ4v) is 3.25. The normalized spacial score (nSPS) is 11.0. The number of hydrogen-bond donors (Lipinski definition) is 1. The van der Waals surface area contributed by atoms with E-state index in [1.807, 2.05) is 13.8 Å². The Morgan fingerprint density at radius 2 is 1.63 bits per heavy atom. The molecule has 0 aliphatic carbocycles. The molecule has 27 heavy (non-hydrogen) atoms. The molecule has 2 aromatic rings. The smallest absolute Gasteiger partial charge is 0.338 e. The molecule has 2 aromatic carbocycles. The Bertz CT molecular complexity index is 951. The lowest BCUT2D eigenvalue weighted by atomic mass is 10.1. The first-order valence-corrected chi connectivity index (χ1v) is 9.66. The van der Waals surface area contributed by atoms with Gasteiger partial charge < -0.3 is 9.64 Å². The van der Waals surface area contributed by atoms with E-state index in [2.05, 4.69) is 4.72 Å². The standard InChI is InChI=1S/C19H22N2O5S/c1-13-5-10-17(11-14(13)2)27(24,25)20-16-8-6-15(7-9-16)19(23)26-12-18(22)21(3)4/h5-11,20H,12H2,1-4H3. The van der Waals surface area contributed by atoms with Crippen LogP contribution >= 0.6 is 0 Å². The number of rotatable bonds is 6. The van der Waals surface area contributed by atoms with Crippen LogP contribution in [0.4, 0.5) is 5.69 Å². The Balaban J connectivity index is 2.07. The van der Waals surface area contributed by atoms with Crippen LogP contribution in [0.1, 0.15) is 21.5 Å². The summed E-state index contributed by atoms with van der Waals surface area (Å²) in [5.74, 6) is -0.991. The predicted octanol–water partition coefficient (Wildman–Crippen LogP) is 2.35. The summed E-state index contributed by atoms with van der Waals surface area (Å²) < 4.78 is 32.3. The summed E-state index contributed by atoms with van der Waals surface area (Å²) in [4.78, 5) is 24.8. The third-order valence-corrected chi connectivity index (χ3v) is 5.37. The van der Waals surface area contributed by atoms with Crippen molar-refractivity contribution in [1.82, 2.24) is 4.90 Å². The highest BCUT2D eigenvalue weighted by atomic mass is 32.2. The van der Waals surface area contributed by atoms with Crippen molar-refractivity contribution in [3.05, 3.63) is 59.2 Å². The fourth-order valence-electron chi connectivity index (χ4n) is 2.11. The van der Waals surface area contributed by atoms with Gasteiger partial charge in [0.05, 0.1) is 10.5 Å². The summed E-state index contributed by atoms with van der Waals surface area (Å²) >= 11 is 0. The van der Waals surface area contributed by atoms with Crippen molar-refractivity contribution in [2.45, 2.75) is 18.7 Å². The predicted molar refractivity (Wildman–Crippen MR) is 102 cm³/mol. The second-order valence-corrected chi connectivity index (χ2v) is 7.98. The first-order valence-electron chi connectivity index (χ1n) is 8.17. The topological polar surface area (TPSA) is 92.8 Å². The van der Waals surface area contributed by atoms with Gasteiger partial charge in [-0.1, -0.05) is 6.07 Å². The number of anilines is 1. The molecule has 1 N–H and O–H groups in total. The van der Waals surface area contributed by atoms with Crippen LogP contribution in [0.15, 0.2) is 47.4 Å². The Morgan fingerprint density at radius 3 is 2.19 bits per heavy atom. The highest BCUT2D eigenvalue weighted by Gasteiger charge is 2.16. The molecule has 0 fully saturated rings. The van der Waals surface area contributed by atoms with Crippen molar-refractivity contribution < 1.29 is 22.7 Å². The molecular weight excluding hydrogens is 368 g/mol. The van der Waals surface area contributed by atoms with Crippen molar-refractivity contribution in [3.63, 3.8) is 0 Å². The van der Waals surface area contributed by atoms with E-state index >= 15 is 0 Å². The van der Waals surface area contributed by atoms with E-state index in [1.54, 1.807) is 26.2 Å². The minimum absolute atomic E-state index is 0.163. The number of nitrogens with zero attached hydrogens (tertiary/aromatic N) is 1. The number of sulfonamides is 1. The number of nitrogens with one attached hydrogen (secondary N) is 1. The second-order valence-electron chi connectivity index (χ2n) is 6.29. The lowest BCUT2D eigenvalue weighted by Gasteiger charge is -2.11. The second kappa shape index (κ2) is 8.22. The van der Waals surface area contributed by atoms with Crippen LogP contribution in [-0.4, -0.2) is 45.9 Å². The summed E-state index contributed by atoms with van der Waals surface area (Å²) in [6, 6.07) is 10.7. The lowest BCUT2D eigenvalue weighted by molar-refractivity contribution is -0.131. The van der Waals surface area contributed by atoms with Crippen LogP contribution in [0.3, 0.4) is 0 Å². The minimum atomic E-state index is -3.73. The highest BCUT2D eigenvalue weighted by molar-refractivity contribution is 7.92. The van der Waals surface area contributed by atoms with Crippen molar-refractivity contribution >= 4 is 27.6 Å². The molecule has 144 valence electrons. The molecule has 0 aliphatic heterocycles. The average Bonchev–Trinajstić information content (AvgIpc) is 2.61. The van der Waals surface area contributed by atoms with Crippen LogP contribution in [-0.2, 0) is 19.6 Å². The van der Waals surface area contributed by atoms with E-state index in [0.717, 1.165) is 11.1 Å². The number of aryl methyl sites for hydroxylation is 2. The average molecular weight is 390 g/mol. The van der Waals surface area contributed by atoms with Crippen molar-refractivity contribution in [3.8, 4) is 0 Å². The molecule has 0 saturated carbocycles. The number of esters is 1. The lowest BCUT2D eigenvalue weighted by Crippen LogP contribution is -2.27. The molecule has 8 heteroatoms. The van der Waals surface area contributed by atoms with Gasteiger partial charge in [0.1, 0.15) is 0 Å². The maximum Gasteiger partial charge on any atom is 0.338 e. The van der Waals surface area contributed by atoms with Gasteiger partial charge in [0, 0.05) is 19.8 Å². The molecule has 1 amide bonds. The first-order chi connectivity index (χ1) is 12.6. The maximum atomic E-state index is 12.5. The summed E-state index contributed by atoms with van der Waals surface area (Å²) in [5.41, 5.74) is 2.41. The van der Waals surface area contributed by atoms with Crippen molar-refractivity contribution in [1.29, 1.82) is 0 Å². The van der Waals surface area contributed by atoms with Crippen LogP contribution in [0, 0.1) is 13.8 Å². The molecule has 7 nitrogen and oxygen atoms in total. The van der Waals surface area contributed by atoms with Gasteiger partial charge in [-0.15, -0.1) is 0 Å². The molecule has 2 rings (SSSR count). The van der Waals surface area contributed by atoms with E-state index in [1.165, 1.54) is 35.2 Å². The summed E-state index contributed by atoms with van der Waals surface area (Å²) in [6.07, 6.45) is 0. The third kappa shape index (κ3) is 5.30. The number of carbonyl (C=O) groups excluding carboxylic acids is 2. The number of likely N-dealkylation sites (N-methyl/N-ethyl adjacent to an activating group) is 1. The summed E-state index contributed by atoms with van der Waals surface area (Å²) in [7, 11) is -0.609. The van der Waals surface area contributed by atoms with Gasteiger partial charge in [-0.2, -0.15) is 0 Å². The molecule has 0 spiro atoms. The zero-order valence-corrected chi connectivity index (χ0v) is 16.5. The molecule has 0 aromatic heterocycles. The molecular formula is C19H22N2O5S. The molecule has 0 unspecified atom stereocenters. The van der Waals surface area contributed by atoms with Crippen LogP contribution < -0.4 is 4.72 Å². The van der Waals surface area contributed by atoms with Gasteiger partial charge in [0.25, 0.3) is 15.9 Å². The Hall–Kier alpha value is -2.87. The van der Waals surface area contributed by atoms with Gasteiger partial charge in [-0.05, 0) is 61.4 Å². The number of carbonyl (C=O) groups is 2. The monoisotopic (exact) mass is 390 g/mol. The number of hydrogen-bond acceptors (Lipinski definition) is 5. The number of amides is 1. The van der Waals surface area contributed by atoms with Gasteiger partial charge in [0.2, 0.25) is 0 Å². The highest BCUT2D eigenvalue weighted by Crippen LogP contribution is 2.19. The van der Waals surface area contributed by atoms with E-state index < -0.39 is 16.0 Å². The number of benzene rings is 2. The summed E-state index contributed by atoms with van der Waals surface area (Å²) in [6.45, 7) is 3.39. The van der Waals surface area contributed by atoms with Gasteiger partial charge in [-0.25, -0.2) is 13.2 Å². The first kappa shape index (κ1) is 20.4. The zero-order chi connectivity index (χ0) is 20.2. The van der Waals surface area contributed by atoms with Gasteiger partial charge in [0.15, 0.2) is 6.61 Å². The van der Waals surface area contributed by atoms with Gasteiger partial charge >= 0.3 is 5.97 Å². The van der Waals surface area contributed by atoms with Crippen molar-refractivity contribution in [2.75, 3.05) is 25.4 Å². The Kier molecular flexibility index (Phi) is 6.22. The van der Waals surface area contributed by atoms with E-state index in [4.69, 9.17) is 4.74 Å². The van der Waals surface area contributed by atoms with Crippen LogP contribution in [0.25, 0.3) is 0 Å². The zero-order valence-electron chi connectivity index (χ0n) is 15.6. The van der Waals surface area contributed by atoms with Crippen LogP contribution in [0.5, 0.6) is 0 Å². The molecule has 0 radical (unpaired) electrons. The van der Waals surface area contributed by atoms with Crippen molar-refractivity contribution in [2.24, 2.45) is 0 Å². The fraction of sp³-hybridized carbons (Fsp3) is 0.263. The summed E-state index contributed by atoms with van der Waals surface area (Å²) in [5, 5.41) is 0. The van der Waals surface area contributed by atoms with E-state index in [-0.39, 0.29) is 23.0 Å². The van der Waals surface area contributed by atoms with E-state index in [0.29, 0.717) is 5.69 Å². The Morgan fingerprint density at radius 1 is 1.00 bits per heavy atom. The SMILES string of the molecule is Cc1ccc(S(=O)(=O)Nc2ccc(C(=O)OCC(=O)N(C)C)cc2)cc1C. The third-order valence-electron chi connectivity index (χ3n) is 3.99. The quantitative estimate of drug-likeness (QED) is 0.765. The van der Waals surface area contributed by atoms with Crippen LogP contribution in [0.2, 0.25) is 0 Å². The number of ether oxygens (including phenoxy) is 1. The molecule has 0 saturated heterocycles. The Labute approximate surface area is 159 Å². The molecule has 0 aliphatic rings. The minimum Gasteiger partial charge on any atom is -0.452 e. The van der Waals surface area contributed by atoms with Gasteiger partial charge in [-0.3, -0.25) is 9.52 Å². The molecule has 0 atom stereocenters. The van der Waals surface area contributed by atoms with E-state index in [9.17, 15) is 18.0 Å². The molecule has 0 heterocycles. The molecule has 0 bridgehead atoms.